The summed E-state index contributed by atoms with van der Waals surface area (Å²) in [6.45, 7) is 4.85. The number of nitrogens with one attached hydrogen (secondary N) is 2. The van der Waals surface area contributed by atoms with Gasteiger partial charge >= 0.3 is 0 Å². The number of ether oxygens (including phenoxy) is 2. The highest BCUT2D eigenvalue weighted by Crippen LogP contribution is 2.20. The Hall–Kier alpha value is -1.34. The molecule has 0 aromatic heterocycles. The lowest BCUT2D eigenvalue weighted by Crippen LogP contribution is -2.46. The van der Waals surface area contributed by atoms with Crippen molar-refractivity contribution in [1.29, 1.82) is 0 Å². The minimum Gasteiger partial charge on any atom is -0.377 e. The molecule has 2 fully saturated rings. The molecule has 7 nitrogen and oxygen atoms in total. The summed E-state index contributed by atoms with van der Waals surface area (Å²) >= 11 is 0. The van der Waals surface area contributed by atoms with E-state index in [1.165, 1.54) is 0 Å². The Balaban J connectivity index is 1.59. The minimum absolute atomic E-state index is 0.138. The third-order valence-electron chi connectivity index (χ3n) is 4.74. The highest BCUT2D eigenvalue weighted by atomic mass is 16.5. The summed E-state index contributed by atoms with van der Waals surface area (Å²) in [6.07, 6.45) is 5.24. The Labute approximate surface area is 145 Å². The van der Waals surface area contributed by atoms with Gasteiger partial charge in [0.25, 0.3) is 0 Å². The average molecular weight is 340 g/mol. The molecule has 2 aliphatic heterocycles. The number of hydrogen-bond donors (Lipinski definition) is 2. The number of guanidine groups is 1. The van der Waals surface area contributed by atoms with Gasteiger partial charge in [-0.2, -0.15) is 0 Å². The fourth-order valence-electron chi connectivity index (χ4n) is 3.27. The van der Waals surface area contributed by atoms with Gasteiger partial charge in [-0.15, -0.1) is 0 Å². The van der Waals surface area contributed by atoms with Gasteiger partial charge < -0.3 is 25.0 Å². The average Bonchev–Trinajstić information content (AvgIpc) is 3.12. The molecule has 24 heavy (non-hydrogen) atoms. The molecular weight excluding hydrogens is 308 g/mol. The van der Waals surface area contributed by atoms with Crippen LogP contribution in [0.25, 0.3) is 0 Å². The molecule has 7 heteroatoms. The number of hydrogen-bond acceptors (Lipinski definition) is 4. The van der Waals surface area contributed by atoms with Crippen LogP contribution in [0.5, 0.6) is 0 Å². The highest BCUT2D eigenvalue weighted by Gasteiger charge is 2.23. The first-order valence-corrected chi connectivity index (χ1v) is 9.08. The van der Waals surface area contributed by atoms with Crippen LogP contribution in [0.3, 0.4) is 0 Å². The van der Waals surface area contributed by atoms with Crippen LogP contribution in [-0.2, 0) is 14.3 Å². The Morgan fingerprint density at radius 2 is 2.12 bits per heavy atom. The molecule has 138 valence electrons. The summed E-state index contributed by atoms with van der Waals surface area (Å²) in [5.41, 5.74) is 0. The molecule has 1 amide bonds. The Bertz CT molecular complexity index is 403. The summed E-state index contributed by atoms with van der Waals surface area (Å²) in [6, 6.07) is 0. The summed E-state index contributed by atoms with van der Waals surface area (Å²) in [5, 5.41) is 6.07. The molecular formula is C17H32N4O3. The molecule has 0 radical (unpaired) electrons. The molecule has 2 N–H and O–H groups in total. The molecule has 2 heterocycles. The summed E-state index contributed by atoms with van der Waals surface area (Å²) < 4.78 is 11.2. The van der Waals surface area contributed by atoms with Gasteiger partial charge in [-0.1, -0.05) is 0 Å². The molecule has 2 saturated heterocycles. The van der Waals surface area contributed by atoms with Gasteiger partial charge in [0.1, 0.15) is 0 Å². The topological polar surface area (TPSA) is 75.2 Å². The fraction of sp³-hybridized carbons (Fsp3) is 0.882. The van der Waals surface area contributed by atoms with Crippen molar-refractivity contribution >= 4 is 11.9 Å². The van der Waals surface area contributed by atoms with E-state index < -0.39 is 0 Å². The van der Waals surface area contributed by atoms with Crippen LogP contribution in [0.2, 0.25) is 0 Å². The molecule has 0 aliphatic carbocycles. The van der Waals surface area contributed by atoms with E-state index in [4.69, 9.17) is 9.47 Å². The Morgan fingerprint density at radius 3 is 2.75 bits per heavy atom. The number of aliphatic imine (C=N–C) groups is 1. The zero-order valence-electron chi connectivity index (χ0n) is 15.1. The van der Waals surface area contributed by atoms with E-state index in [2.05, 4.69) is 20.5 Å². The number of likely N-dealkylation sites (tertiary alicyclic amines) is 1. The van der Waals surface area contributed by atoms with Crippen molar-refractivity contribution in [2.75, 3.05) is 53.6 Å². The molecule has 2 aliphatic rings. The van der Waals surface area contributed by atoms with Gasteiger partial charge in [-0.05, 0) is 31.6 Å². The summed E-state index contributed by atoms with van der Waals surface area (Å²) in [4.78, 5) is 18.1. The number of carbonyl (C=O) groups excluding carboxylic acids is 1. The number of amides is 1. The Kier molecular flexibility index (Phi) is 8.32. The lowest BCUT2D eigenvalue weighted by atomic mass is 9.93. The number of rotatable bonds is 7. The lowest BCUT2D eigenvalue weighted by molar-refractivity contribution is -0.121. The predicted molar refractivity (Wildman–Crippen MR) is 94.1 cm³/mol. The standard InChI is InChI=1S/C17H32N4O3/c1-18-16(22)12-14-5-8-21(9-6-14)17(19-2)20-7-11-23-13-15-4-3-10-24-15/h14-15H,3-13H2,1-2H3,(H,18,22)(H,19,20). The normalized spacial score (nSPS) is 22.7. The molecule has 0 aromatic carbocycles. The van der Waals surface area contributed by atoms with Crippen LogP contribution in [-0.4, -0.2) is 76.4 Å². The Morgan fingerprint density at radius 1 is 1.33 bits per heavy atom. The first-order chi connectivity index (χ1) is 11.7. The van der Waals surface area contributed by atoms with E-state index in [-0.39, 0.29) is 12.0 Å². The third kappa shape index (κ3) is 6.28. The van der Waals surface area contributed by atoms with Crippen LogP contribution < -0.4 is 10.6 Å². The van der Waals surface area contributed by atoms with Crippen LogP contribution >= 0.6 is 0 Å². The van der Waals surface area contributed by atoms with Crippen LogP contribution in [0.4, 0.5) is 0 Å². The SMILES string of the molecule is CN=C(NCCOCC1CCCO1)N1CCC(CC(=O)NC)CC1. The van der Waals surface area contributed by atoms with Crippen molar-refractivity contribution in [3.63, 3.8) is 0 Å². The molecule has 0 spiro atoms. The quantitative estimate of drug-likeness (QED) is 0.403. The molecule has 2 rings (SSSR count). The van der Waals surface area contributed by atoms with E-state index in [0.717, 1.165) is 57.9 Å². The monoisotopic (exact) mass is 340 g/mol. The second-order valence-corrected chi connectivity index (χ2v) is 6.49. The van der Waals surface area contributed by atoms with Crippen LogP contribution in [0.15, 0.2) is 4.99 Å². The van der Waals surface area contributed by atoms with Crippen molar-refractivity contribution in [1.82, 2.24) is 15.5 Å². The number of piperidine rings is 1. The van der Waals surface area contributed by atoms with Gasteiger partial charge in [-0.25, -0.2) is 0 Å². The van der Waals surface area contributed by atoms with Crippen molar-refractivity contribution in [2.24, 2.45) is 10.9 Å². The van der Waals surface area contributed by atoms with Gasteiger partial charge in [0.15, 0.2) is 5.96 Å². The highest BCUT2D eigenvalue weighted by molar-refractivity contribution is 5.80. The largest absolute Gasteiger partial charge is 0.377 e. The van der Waals surface area contributed by atoms with Crippen LogP contribution in [0, 0.1) is 5.92 Å². The maximum atomic E-state index is 11.5. The molecule has 1 atom stereocenters. The van der Waals surface area contributed by atoms with Gasteiger partial charge in [0.2, 0.25) is 5.91 Å². The van der Waals surface area contributed by atoms with Crippen molar-refractivity contribution in [2.45, 2.75) is 38.2 Å². The molecule has 0 saturated carbocycles. The maximum absolute atomic E-state index is 11.5. The smallest absolute Gasteiger partial charge is 0.220 e. The minimum atomic E-state index is 0.138. The van der Waals surface area contributed by atoms with Crippen molar-refractivity contribution in [3.8, 4) is 0 Å². The van der Waals surface area contributed by atoms with Gasteiger partial charge in [0.05, 0.1) is 19.3 Å². The second kappa shape index (κ2) is 10.5. The van der Waals surface area contributed by atoms with E-state index in [9.17, 15) is 4.79 Å². The first-order valence-electron chi connectivity index (χ1n) is 9.08. The zero-order chi connectivity index (χ0) is 17.2. The zero-order valence-corrected chi connectivity index (χ0v) is 15.1. The van der Waals surface area contributed by atoms with E-state index in [1.54, 1.807) is 7.05 Å². The first kappa shape index (κ1) is 19.0. The van der Waals surface area contributed by atoms with E-state index >= 15 is 0 Å². The van der Waals surface area contributed by atoms with Crippen LogP contribution in [0.1, 0.15) is 32.1 Å². The van der Waals surface area contributed by atoms with Gasteiger partial charge in [0, 0.05) is 46.8 Å². The predicted octanol–water partition coefficient (Wildman–Crippen LogP) is 0.606. The second-order valence-electron chi connectivity index (χ2n) is 6.49. The summed E-state index contributed by atoms with van der Waals surface area (Å²) in [7, 11) is 3.51. The summed E-state index contributed by atoms with van der Waals surface area (Å²) in [5.74, 6) is 1.54. The van der Waals surface area contributed by atoms with E-state index in [1.807, 2.05) is 7.05 Å². The molecule has 0 aromatic rings. The van der Waals surface area contributed by atoms with Crippen molar-refractivity contribution in [3.05, 3.63) is 0 Å². The number of carbonyl (C=O) groups is 1. The molecule has 1 unspecified atom stereocenters. The van der Waals surface area contributed by atoms with Gasteiger partial charge in [-0.3, -0.25) is 9.79 Å². The van der Waals surface area contributed by atoms with Crippen molar-refractivity contribution < 1.29 is 14.3 Å². The van der Waals surface area contributed by atoms with E-state index in [0.29, 0.717) is 25.6 Å². The molecule has 0 bridgehead atoms. The maximum Gasteiger partial charge on any atom is 0.220 e. The fourth-order valence-corrected chi connectivity index (χ4v) is 3.27. The lowest BCUT2D eigenvalue weighted by Gasteiger charge is -2.34. The number of nitrogens with zero attached hydrogens (tertiary/aromatic N) is 2. The third-order valence-corrected chi connectivity index (χ3v) is 4.74.